The number of carbonyl (C=O) groups excluding carboxylic acids is 2. The van der Waals surface area contributed by atoms with E-state index in [1.54, 1.807) is 21.1 Å². The van der Waals surface area contributed by atoms with Crippen molar-refractivity contribution in [3.8, 4) is 11.5 Å². The van der Waals surface area contributed by atoms with Crippen molar-refractivity contribution < 1.29 is 23.9 Å². The Morgan fingerprint density at radius 1 is 0.886 bits per heavy atom. The fourth-order valence-corrected chi connectivity index (χ4v) is 5.13. The van der Waals surface area contributed by atoms with Crippen molar-refractivity contribution in [3.05, 3.63) is 23.1 Å². The van der Waals surface area contributed by atoms with Crippen LogP contribution in [0.2, 0.25) is 0 Å². The number of rotatable bonds is 17. The molecule has 0 aliphatic heterocycles. The standard InChI is InChI=1S/C27H42N2O5S/c1-6-8-10-12-14-28-25(30)27(3,26(31)34-29-15-13-11-9-7-2)19-21-16-20-17-22(32-4)23(33-5)18-24(20)35-21/h16-18,29H,6-15,19H2,1-5H3,(H,28,30). The third-order valence-corrected chi connectivity index (χ3v) is 7.26. The van der Waals surface area contributed by atoms with Crippen molar-refractivity contribution in [2.45, 2.75) is 78.6 Å². The van der Waals surface area contributed by atoms with Crippen molar-refractivity contribution >= 4 is 33.3 Å². The van der Waals surface area contributed by atoms with Crippen molar-refractivity contribution in [1.29, 1.82) is 0 Å². The lowest BCUT2D eigenvalue weighted by molar-refractivity contribution is -0.166. The molecule has 0 radical (unpaired) electrons. The van der Waals surface area contributed by atoms with Crippen LogP contribution in [-0.4, -0.2) is 39.2 Å². The summed E-state index contributed by atoms with van der Waals surface area (Å²) >= 11 is 1.54. The number of nitrogens with one attached hydrogen (secondary N) is 2. The molecule has 2 N–H and O–H groups in total. The zero-order valence-electron chi connectivity index (χ0n) is 22.0. The number of ether oxygens (including phenoxy) is 2. The van der Waals surface area contributed by atoms with E-state index in [4.69, 9.17) is 14.3 Å². The molecule has 1 amide bonds. The molecule has 8 heteroatoms. The fraction of sp³-hybridized carbons (Fsp3) is 0.630. The third-order valence-electron chi connectivity index (χ3n) is 6.17. The van der Waals surface area contributed by atoms with Crippen LogP contribution in [0.5, 0.6) is 11.5 Å². The molecule has 0 bridgehead atoms. The van der Waals surface area contributed by atoms with Crippen LogP contribution in [0, 0.1) is 5.41 Å². The second-order valence-corrected chi connectivity index (χ2v) is 10.3. The van der Waals surface area contributed by atoms with E-state index < -0.39 is 11.4 Å². The largest absolute Gasteiger partial charge is 0.493 e. The summed E-state index contributed by atoms with van der Waals surface area (Å²) in [5.74, 6) is 0.419. The highest BCUT2D eigenvalue weighted by atomic mass is 32.1. The van der Waals surface area contributed by atoms with Crippen molar-refractivity contribution in [2.24, 2.45) is 5.41 Å². The van der Waals surface area contributed by atoms with E-state index in [1.807, 2.05) is 18.2 Å². The number of fused-ring (bicyclic) bond motifs is 1. The topological polar surface area (TPSA) is 85.9 Å². The maximum atomic E-state index is 13.3. The summed E-state index contributed by atoms with van der Waals surface area (Å²) in [6, 6.07) is 5.83. The van der Waals surface area contributed by atoms with Gasteiger partial charge in [-0.1, -0.05) is 52.4 Å². The van der Waals surface area contributed by atoms with Gasteiger partial charge in [0.25, 0.3) is 0 Å². The van der Waals surface area contributed by atoms with E-state index in [2.05, 4.69) is 24.6 Å². The van der Waals surface area contributed by atoms with E-state index in [-0.39, 0.29) is 12.3 Å². The van der Waals surface area contributed by atoms with Gasteiger partial charge in [-0.3, -0.25) is 4.79 Å². The summed E-state index contributed by atoms with van der Waals surface area (Å²) in [5, 5.41) is 3.95. The van der Waals surface area contributed by atoms with Gasteiger partial charge in [-0.2, -0.15) is 5.48 Å². The summed E-state index contributed by atoms with van der Waals surface area (Å²) in [6.07, 6.45) is 8.73. The molecule has 0 aliphatic rings. The van der Waals surface area contributed by atoms with Crippen LogP contribution in [0.3, 0.4) is 0 Å². The highest BCUT2D eigenvalue weighted by molar-refractivity contribution is 7.19. The normalized spacial score (nSPS) is 12.8. The molecule has 1 aromatic carbocycles. The van der Waals surface area contributed by atoms with Gasteiger partial charge in [0.15, 0.2) is 11.5 Å². The van der Waals surface area contributed by atoms with Gasteiger partial charge in [0.05, 0.1) is 14.2 Å². The van der Waals surface area contributed by atoms with E-state index in [1.165, 1.54) is 11.3 Å². The molecular weight excluding hydrogens is 464 g/mol. The number of thiophene rings is 1. The number of benzene rings is 1. The minimum absolute atomic E-state index is 0.244. The number of amides is 1. The number of hydrogen-bond acceptors (Lipinski definition) is 7. The van der Waals surface area contributed by atoms with Crippen LogP contribution in [0.4, 0.5) is 0 Å². The Kier molecular flexibility index (Phi) is 12.3. The number of carbonyl (C=O) groups is 2. The first-order valence-corrected chi connectivity index (χ1v) is 13.6. The number of hydroxylamine groups is 1. The minimum Gasteiger partial charge on any atom is -0.493 e. The van der Waals surface area contributed by atoms with Gasteiger partial charge in [-0.25, -0.2) is 4.79 Å². The molecule has 1 aromatic heterocycles. The van der Waals surface area contributed by atoms with E-state index in [9.17, 15) is 9.59 Å². The lowest BCUT2D eigenvalue weighted by Gasteiger charge is -2.25. The zero-order chi connectivity index (χ0) is 25.7. The maximum absolute atomic E-state index is 13.3. The van der Waals surface area contributed by atoms with Gasteiger partial charge >= 0.3 is 5.97 Å². The Hall–Kier alpha value is -2.32. The Morgan fingerprint density at radius 2 is 1.51 bits per heavy atom. The molecule has 1 unspecified atom stereocenters. The molecule has 0 fully saturated rings. The summed E-state index contributed by atoms with van der Waals surface area (Å²) in [4.78, 5) is 32.7. The molecule has 2 rings (SSSR count). The Balaban J connectivity index is 2.17. The second-order valence-electron chi connectivity index (χ2n) is 9.13. The van der Waals surface area contributed by atoms with Gasteiger partial charge in [0.2, 0.25) is 5.91 Å². The molecule has 2 aromatic rings. The van der Waals surface area contributed by atoms with Crippen LogP contribution in [0.1, 0.15) is 77.0 Å². The number of methoxy groups -OCH3 is 2. The number of hydrogen-bond donors (Lipinski definition) is 2. The molecule has 1 heterocycles. The SMILES string of the molecule is CCCCCCNOC(=O)C(C)(Cc1cc2cc(OC)c(OC)cc2s1)C(=O)NCCCCCC. The predicted molar refractivity (Wildman–Crippen MR) is 142 cm³/mol. The molecular formula is C27H42N2O5S. The smallest absolute Gasteiger partial charge is 0.340 e. The monoisotopic (exact) mass is 506 g/mol. The van der Waals surface area contributed by atoms with Gasteiger partial charge in [0, 0.05) is 35.2 Å². The summed E-state index contributed by atoms with van der Waals surface area (Å²) in [7, 11) is 3.20. The van der Waals surface area contributed by atoms with Gasteiger partial charge in [-0.05, 0) is 37.3 Å². The fourth-order valence-electron chi connectivity index (χ4n) is 3.90. The summed E-state index contributed by atoms with van der Waals surface area (Å²) in [5.41, 5.74) is 1.42. The van der Waals surface area contributed by atoms with Crippen LogP contribution in [0.15, 0.2) is 18.2 Å². The van der Waals surface area contributed by atoms with Crippen molar-refractivity contribution in [2.75, 3.05) is 27.3 Å². The average molecular weight is 507 g/mol. The summed E-state index contributed by atoms with van der Waals surface area (Å²) < 4.78 is 11.8. The van der Waals surface area contributed by atoms with Crippen molar-refractivity contribution in [1.82, 2.24) is 10.8 Å². The van der Waals surface area contributed by atoms with Crippen LogP contribution in [0.25, 0.3) is 10.1 Å². The first-order chi connectivity index (χ1) is 16.9. The molecule has 196 valence electrons. The Bertz CT molecular complexity index is 904. The molecule has 1 atom stereocenters. The van der Waals surface area contributed by atoms with Crippen molar-refractivity contribution in [3.63, 3.8) is 0 Å². The Morgan fingerprint density at radius 3 is 2.14 bits per heavy atom. The Labute approximate surface area is 213 Å². The van der Waals surface area contributed by atoms with Crippen LogP contribution in [-0.2, 0) is 20.8 Å². The molecule has 7 nitrogen and oxygen atoms in total. The zero-order valence-corrected chi connectivity index (χ0v) is 22.8. The van der Waals surface area contributed by atoms with E-state index in [0.717, 1.165) is 66.3 Å². The lowest BCUT2D eigenvalue weighted by Crippen LogP contribution is -2.48. The average Bonchev–Trinajstić information content (AvgIpc) is 3.25. The van der Waals surface area contributed by atoms with E-state index in [0.29, 0.717) is 24.6 Å². The highest BCUT2D eigenvalue weighted by Crippen LogP contribution is 2.38. The molecule has 0 saturated carbocycles. The third kappa shape index (κ3) is 8.39. The van der Waals surface area contributed by atoms with Gasteiger partial charge in [0.1, 0.15) is 5.41 Å². The lowest BCUT2D eigenvalue weighted by atomic mass is 9.85. The predicted octanol–water partition coefficient (Wildman–Crippen LogP) is 5.79. The molecule has 35 heavy (non-hydrogen) atoms. The van der Waals surface area contributed by atoms with E-state index >= 15 is 0 Å². The first kappa shape index (κ1) is 28.9. The molecule has 0 aliphatic carbocycles. The maximum Gasteiger partial charge on any atom is 0.340 e. The molecule has 0 spiro atoms. The minimum atomic E-state index is -1.35. The number of unbranched alkanes of at least 4 members (excludes halogenated alkanes) is 6. The van der Waals surface area contributed by atoms with Gasteiger partial charge < -0.3 is 19.6 Å². The van der Waals surface area contributed by atoms with Gasteiger partial charge in [-0.15, -0.1) is 11.3 Å². The highest BCUT2D eigenvalue weighted by Gasteiger charge is 2.43. The summed E-state index contributed by atoms with van der Waals surface area (Å²) in [6.45, 7) is 7.09. The second kappa shape index (κ2) is 14.9. The first-order valence-electron chi connectivity index (χ1n) is 12.8. The molecule has 0 saturated heterocycles. The van der Waals surface area contributed by atoms with Crippen LogP contribution < -0.4 is 20.3 Å². The van der Waals surface area contributed by atoms with Crippen LogP contribution >= 0.6 is 11.3 Å². The quantitative estimate of drug-likeness (QED) is 0.160.